The molecular weight excluding hydrogens is 390 g/mol. The zero-order chi connectivity index (χ0) is 21.0. The van der Waals surface area contributed by atoms with Gasteiger partial charge in [-0.25, -0.2) is 13.4 Å². The van der Waals surface area contributed by atoms with Gasteiger partial charge in [0.05, 0.1) is 12.9 Å². The van der Waals surface area contributed by atoms with Gasteiger partial charge in [0.2, 0.25) is 0 Å². The molecule has 0 unspecified atom stereocenters. The highest BCUT2D eigenvalue weighted by Crippen LogP contribution is 2.23. The van der Waals surface area contributed by atoms with Gasteiger partial charge < -0.3 is 14.6 Å². The topological polar surface area (TPSA) is 90.3 Å². The van der Waals surface area contributed by atoms with E-state index in [1.165, 1.54) is 6.26 Å². The third kappa shape index (κ3) is 5.23. The zero-order valence-electron chi connectivity index (χ0n) is 16.5. The van der Waals surface area contributed by atoms with E-state index in [4.69, 9.17) is 4.74 Å². The van der Waals surface area contributed by atoms with Crippen LogP contribution < -0.4 is 10.1 Å². The Morgan fingerprint density at radius 1 is 1.14 bits per heavy atom. The number of rotatable bonds is 7. The third-order valence-electron chi connectivity index (χ3n) is 4.49. The van der Waals surface area contributed by atoms with Crippen molar-refractivity contribution in [2.24, 2.45) is 7.05 Å². The number of carbonyl (C=O) groups excluding carboxylic acids is 1. The molecule has 152 valence electrons. The van der Waals surface area contributed by atoms with Crippen molar-refractivity contribution in [3.05, 3.63) is 83.4 Å². The summed E-state index contributed by atoms with van der Waals surface area (Å²) in [6.45, 7) is 0. The van der Waals surface area contributed by atoms with E-state index in [0.29, 0.717) is 17.0 Å². The maximum atomic E-state index is 12.9. The summed E-state index contributed by atoms with van der Waals surface area (Å²) in [4.78, 5) is 17.2. The Morgan fingerprint density at radius 2 is 1.79 bits per heavy atom. The first kappa shape index (κ1) is 20.6. The number of sulfone groups is 1. The van der Waals surface area contributed by atoms with E-state index in [-0.39, 0.29) is 11.7 Å². The Morgan fingerprint density at radius 3 is 2.31 bits per heavy atom. The van der Waals surface area contributed by atoms with E-state index < -0.39 is 15.9 Å². The number of imidazole rings is 1. The van der Waals surface area contributed by atoms with Gasteiger partial charge in [0.1, 0.15) is 17.6 Å². The van der Waals surface area contributed by atoms with Crippen LogP contribution in [0.15, 0.2) is 60.9 Å². The second-order valence-corrected chi connectivity index (χ2v) is 8.98. The molecule has 3 aromatic rings. The summed E-state index contributed by atoms with van der Waals surface area (Å²) in [7, 11) is 0.336. The van der Waals surface area contributed by atoms with Crippen LogP contribution in [0.4, 0.5) is 0 Å². The monoisotopic (exact) mass is 413 g/mol. The summed E-state index contributed by atoms with van der Waals surface area (Å²) in [6, 6.07) is 13.5. The van der Waals surface area contributed by atoms with E-state index in [9.17, 15) is 13.2 Å². The number of amides is 1. The third-order valence-corrected chi connectivity index (χ3v) is 5.34. The molecule has 1 heterocycles. The van der Waals surface area contributed by atoms with Gasteiger partial charge in [-0.15, -0.1) is 0 Å². The normalized spacial score (nSPS) is 12.4. The summed E-state index contributed by atoms with van der Waals surface area (Å²) >= 11 is 0. The molecule has 0 bridgehead atoms. The SMILES string of the molecule is COc1ccc([C@H](NC(=O)c2ccc(CS(C)(=O)=O)cc2)c2nccn2C)cc1. The van der Waals surface area contributed by atoms with Crippen molar-refractivity contribution in [2.45, 2.75) is 11.8 Å². The highest BCUT2D eigenvalue weighted by molar-refractivity contribution is 7.89. The highest BCUT2D eigenvalue weighted by atomic mass is 32.2. The first-order valence-corrected chi connectivity index (χ1v) is 11.0. The quantitative estimate of drug-likeness (QED) is 0.643. The molecule has 0 saturated carbocycles. The fraction of sp³-hybridized carbons (Fsp3) is 0.238. The minimum absolute atomic E-state index is 0.0589. The molecule has 0 aliphatic rings. The van der Waals surface area contributed by atoms with Gasteiger partial charge in [0, 0.05) is 31.3 Å². The van der Waals surface area contributed by atoms with Gasteiger partial charge in [-0.3, -0.25) is 4.79 Å². The van der Waals surface area contributed by atoms with Crippen molar-refractivity contribution in [3.8, 4) is 5.75 Å². The van der Waals surface area contributed by atoms with Gasteiger partial charge in [0.15, 0.2) is 9.84 Å². The van der Waals surface area contributed by atoms with Crippen LogP contribution in [0.3, 0.4) is 0 Å². The molecule has 0 radical (unpaired) electrons. The molecule has 2 aromatic carbocycles. The van der Waals surface area contributed by atoms with Crippen LogP contribution in [-0.4, -0.2) is 37.2 Å². The molecular formula is C21H23N3O4S. The molecule has 1 atom stereocenters. The maximum Gasteiger partial charge on any atom is 0.252 e. The number of aryl methyl sites for hydroxylation is 1. The van der Waals surface area contributed by atoms with E-state index >= 15 is 0 Å². The van der Waals surface area contributed by atoms with Gasteiger partial charge in [-0.1, -0.05) is 24.3 Å². The van der Waals surface area contributed by atoms with Crippen LogP contribution >= 0.6 is 0 Å². The van der Waals surface area contributed by atoms with Gasteiger partial charge in [-0.2, -0.15) is 0 Å². The van der Waals surface area contributed by atoms with E-state index in [0.717, 1.165) is 11.3 Å². The number of nitrogens with zero attached hydrogens (tertiary/aromatic N) is 2. The van der Waals surface area contributed by atoms with Crippen molar-refractivity contribution in [1.29, 1.82) is 0 Å². The molecule has 8 heteroatoms. The summed E-state index contributed by atoms with van der Waals surface area (Å²) in [5, 5.41) is 3.02. The Balaban J connectivity index is 1.85. The lowest BCUT2D eigenvalue weighted by Crippen LogP contribution is -2.31. The minimum atomic E-state index is -3.13. The summed E-state index contributed by atoms with van der Waals surface area (Å²) in [6.07, 6.45) is 4.68. The fourth-order valence-corrected chi connectivity index (χ4v) is 3.82. The molecule has 0 fully saturated rings. The van der Waals surface area contributed by atoms with Crippen LogP contribution in [0.5, 0.6) is 5.75 Å². The van der Waals surface area contributed by atoms with Crippen LogP contribution in [0.2, 0.25) is 0 Å². The summed E-state index contributed by atoms with van der Waals surface area (Å²) in [5.74, 6) is 1.08. The molecule has 0 saturated heterocycles. The molecule has 3 rings (SSSR count). The van der Waals surface area contributed by atoms with Crippen molar-refractivity contribution >= 4 is 15.7 Å². The van der Waals surface area contributed by atoms with E-state index in [1.54, 1.807) is 37.6 Å². The van der Waals surface area contributed by atoms with E-state index in [1.807, 2.05) is 42.1 Å². The minimum Gasteiger partial charge on any atom is -0.497 e. The molecule has 0 aliphatic heterocycles. The number of hydrogen-bond acceptors (Lipinski definition) is 5. The average molecular weight is 413 g/mol. The lowest BCUT2D eigenvalue weighted by Gasteiger charge is -2.19. The summed E-state index contributed by atoms with van der Waals surface area (Å²) < 4.78 is 29.9. The number of hydrogen-bond donors (Lipinski definition) is 1. The molecule has 1 amide bonds. The van der Waals surface area contributed by atoms with Crippen molar-refractivity contribution < 1.29 is 17.9 Å². The fourth-order valence-electron chi connectivity index (χ4n) is 3.02. The van der Waals surface area contributed by atoms with Gasteiger partial charge in [0.25, 0.3) is 5.91 Å². The summed E-state index contributed by atoms with van der Waals surface area (Å²) in [5.41, 5.74) is 1.94. The first-order chi connectivity index (χ1) is 13.8. The molecule has 1 N–H and O–H groups in total. The van der Waals surface area contributed by atoms with Crippen LogP contribution in [0, 0.1) is 0 Å². The van der Waals surface area contributed by atoms with E-state index in [2.05, 4.69) is 10.3 Å². The van der Waals surface area contributed by atoms with Crippen molar-refractivity contribution in [3.63, 3.8) is 0 Å². The Labute approximate surface area is 170 Å². The number of methoxy groups -OCH3 is 1. The van der Waals surface area contributed by atoms with Crippen LogP contribution in [0.1, 0.15) is 33.4 Å². The second-order valence-electron chi connectivity index (χ2n) is 6.84. The van der Waals surface area contributed by atoms with Crippen molar-refractivity contribution in [2.75, 3.05) is 13.4 Å². The number of benzene rings is 2. The first-order valence-electron chi connectivity index (χ1n) is 8.95. The number of aromatic nitrogens is 2. The predicted octanol–water partition coefficient (Wildman–Crippen LogP) is 2.49. The Kier molecular flexibility index (Phi) is 6.03. The Bertz CT molecular complexity index is 1090. The lowest BCUT2D eigenvalue weighted by atomic mass is 10.0. The standard InChI is InChI=1S/C21H23N3O4S/c1-24-13-12-22-20(24)19(16-8-10-18(28-2)11-9-16)23-21(25)17-6-4-15(5-7-17)14-29(3,26)27/h4-13,19H,14H2,1-3H3,(H,23,25)/t19-/m0/s1. The lowest BCUT2D eigenvalue weighted by molar-refractivity contribution is 0.0941. The molecule has 0 spiro atoms. The Hall–Kier alpha value is -3.13. The van der Waals surface area contributed by atoms with Crippen molar-refractivity contribution in [1.82, 2.24) is 14.9 Å². The number of nitrogens with one attached hydrogen (secondary N) is 1. The maximum absolute atomic E-state index is 12.9. The predicted molar refractivity (Wildman–Crippen MR) is 111 cm³/mol. The van der Waals surface area contributed by atoms with Crippen LogP contribution in [0.25, 0.3) is 0 Å². The number of ether oxygens (including phenoxy) is 1. The molecule has 0 aliphatic carbocycles. The smallest absolute Gasteiger partial charge is 0.252 e. The zero-order valence-corrected chi connectivity index (χ0v) is 17.3. The van der Waals surface area contributed by atoms with Gasteiger partial charge >= 0.3 is 0 Å². The largest absolute Gasteiger partial charge is 0.497 e. The van der Waals surface area contributed by atoms with Gasteiger partial charge in [-0.05, 0) is 35.4 Å². The van der Waals surface area contributed by atoms with Crippen LogP contribution in [-0.2, 0) is 22.6 Å². The molecule has 1 aromatic heterocycles. The second kappa shape index (κ2) is 8.48. The molecule has 29 heavy (non-hydrogen) atoms. The molecule has 7 nitrogen and oxygen atoms in total. The number of carbonyl (C=O) groups is 1. The average Bonchev–Trinajstić information content (AvgIpc) is 3.11. The highest BCUT2D eigenvalue weighted by Gasteiger charge is 2.21.